The summed E-state index contributed by atoms with van der Waals surface area (Å²) in [5, 5.41) is 15.6. The summed E-state index contributed by atoms with van der Waals surface area (Å²) >= 11 is 7.60. The van der Waals surface area contributed by atoms with E-state index in [0.29, 0.717) is 21.9 Å². The van der Waals surface area contributed by atoms with E-state index in [1.54, 1.807) is 10.7 Å². The van der Waals surface area contributed by atoms with Crippen molar-refractivity contribution in [2.24, 2.45) is 0 Å². The molecule has 24 heavy (non-hydrogen) atoms. The summed E-state index contributed by atoms with van der Waals surface area (Å²) in [6.07, 6.45) is 2.18. The Kier molecular flexibility index (Phi) is 4.96. The summed E-state index contributed by atoms with van der Waals surface area (Å²) < 4.78 is 1.80. The Bertz CT molecular complexity index is 745. The highest BCUT2D eigenvalue weighted by Crippen LogP contribution is 2.37. The highest BCUT2D eigenvalue weighted by atomic mass is 35.5. The van der Waals surface area contributed by atoms with E-state index in [0.717, 1.165) is 18.5 Å². The van der Waals surface area contributed by atoms with Crippen molar-refractivity contribution >= 4 is 40.6 Å². The van der Waals surface area contributed by atoms with Crippen molar-refractivity contribution in [1.82, 2.24) is 20.2 Å². The number of hydrogen-bond acceptors (Lipinski definition) is 6. The van der Waals surface area contributed by atoms with Crippen molar-refractivity contribution < 1.29 is 4.79 Å². The first-order chi connectivity index (χ1) is 11.5. The number of nitrogens with one attached hydrogen (secondary N) is 1. The minimum atomic E-state index is -0.331. The van der Waals surface area contributed by atoms with Gasteiger partial charge in [-0.1, -0.05) is 29.4 Å². The summed E-state index contributed by atoms with van der Waals surface area (Å²) in [7, 11) is 3.78. The molecule has 0 radical (unpaired) electrons. The van der Waals surface area contributed by atoms with Crippen molar-refractivity contribution in [2.45, 2.75) is 36.2 Å². The molecule has 1 fully saturated rings. The smallest absolute Gasteiger partial charge is 0.237 e. The van der Waals surface area contributed by atoms with Gasteiger partial charge in [0.15, 0.2) is 0 Å². The molecule has 1 aliphatic rings. The summed E-state index contributed by atoms with van der Waals surface area (Å²) in [5.74, 6) is -0.115. The van der Waals surface area contributed by atoms with Crippen LogP contribution < -0.4 is 10.2 Å². The Hall–Kier alpha value is -1.80. The molecule has 1 heterocycles. The molecular formula is C15H19ClN6OS. The molecule has 0 bridgehead atoms. The molecule has 128 valence electrons. The predicted octanol–water partition coefficient (Wildman–Crippen LogP) is 2.85. The molecule has 1 aliphatic carbocycles. The number of nitrogens with zero attached hydrogens (tertiary/aromatic N) is 5. The van der Waals surface area contributed by atoms with Gasteiger partial charge < -0.3 is 10.2 Å². The summed E-state index contributed by atoms with van der Waals surface area (Å²) in [6.45, 7) is 1.84. The van der Waals surface area contributed by atoms with E-state index in [1.807, 2.05) is 38.1 Å². The van der Waals surface area contributed by atoms with Crippen molar-refractivity contribution in [2.75, 3.05) is 24.3 Å². The van der Waals surface area contributed by atoms with E-state index in [9.17, 15) is 4.79 Å². The summed E-state index contributed by atoms with van der Waals surface area (Å²) in [4.78, 5) is 14.4. The fourth-order valence-electron chi connectivity index (χ4n) is 2.33. The maximum Gasteiger partial charge on any atom is 0.237 e. The lowest BCUT2D eigenvalue weighted by Gasteiger charge is -2.20. The molecule has 1 atom stereocenters. The van der Waals surface area contributed by atoms with E-state index < -0.39 is 0 Å². The number of hydrogen-bond donors (Lipinski definition) is 1. The Labute approximate surface area is 149 Å². The predicted molar refractivity (Wildman–Crippen MR) is 95.8 cm³/mol. The highest BCUT2D eigenvalue weighted by Gasteiger charge is 2.29. The summed E-state index contributed by atoms with van der Waals surface area (Å²) in [5.41, 5.74) is 1.47. The zero-order chi connectivity index (χ0) is 17.3. The van der Waals surface area contributed by atoms with E-state index in [2.05, 4.69) is 20.8 Å². The van der Waals surface area contributed by atoms with Crippen LogP contribution in [0.5, 0.6) is 0 Å². The van der Waals surface area contributed by atoms with Crippen molar-refractivity contribution in [1.29, 1.82) is 0 Å². The standard InChI is InChI=1S/C15H19ClN6OS/c1-9(24-15-18-19-20-22(15)10-7-8-10)14(23)17-12-6-4-5-11(16)13(12)21(2)3/h4-6,9-10H,7-8H2,1-3H3,(H,17,23). The van der Waals surface area contributed by atoms with Gasteiger partial charge in [0.25, 0.3) is 0 Å². The lowest BCUT2D eigenvalue weighted by Crippen LogP contribution is -2.24. The van der Waals surface area contributed by atoms with Crippen LogP contribution in [0.15, 0.2) is 23.4 Å². The Morgan fingerprint density at radius 3 is 2.88 bits per heavy atom. The maximum absolute atomic E-state index is 12.6. The first-order valence-electron chi connectivity index (χ1n) is 7.68. The van der Waals surface area contributed by atoms with Crippen LogP contribution in [-0.2, 0) is 4.79 Å². The van der Waals surface area contributed by atoms with E-state index in [4.69, 9.17) is 11.6 Å². The average Bonchev–Trinajstić information content (AvgIpc) is 3.27. The number of carbonyl (C=O) groups excluding carboxylic acids is 1. The Morgan fingerprint density at radius 2 is 2.21 bits per heavy atom. The normalized spacial score (nSPS) is 15.2. The molecule has 9 heteroatoms. The van der Waals surface area contributed by atoms with Gasteiger partial charge in [-0.15, -0.1) is 5.10 Å². The lowest BCUT2D eigenvalue weighted by molar-refractivity contribution is -0.115. The van der Waals surface area contributed by atoms with Crippen molar-refractivity contribution in [3.8, 4) is 0 Å². The largest absolute Gasteiger partial charge is 0.375 e. The van der Waals surface area contributed by atoms with Gasteiger partial charge in [0.05, 0.1) is 27.7 Å². The number of anilines is 2. The van der Waals surface area contributed by atoms with Gasteiger partial charge in [0, 0.05) is 14.1 Å². The van der Waals surface area contributed by atoms with Crippen LogP contribution in [0.3, 0.4) is 0 Å². The molecule has 1 aromatic heterocycles. The topological polar surface area (TPSA) is 75.9 Å². The molecular weight excluding hydrogens is 348 g/mol. The molecule has 1 unspecified atom stereocenters. The maximum atomic E-state index is 12.6. The van der Waals surface area contributed by atoms with Crippen LogP contribution in [-0.4, -0.2) is 45.5 Å². The molecule has 7 nitrogen and oxygen atoms in total. The number of thioether (sulfide) groups is 1. The third-order valence-electron chi connectivity index (χ3n) is 3.70. The minimum Gasteiger partial charge on any atom is -0.375 e. The van der Waals surface area contributed by atoms with Crippen LogP contribution in [0.4, 0.5) is 11.4 Å². The highest BCUT2D eigenvalue weighted by molar-refractivity contribution is 8.00. The van der Waals surface area contributed by atoms with Gasteiger partial charge in [0.2, 0.25) is 11.1 Å². The third-order valence-corrected chi connectivity index (χ3v) is 5.05. The second-order valence-corrected chi connectivity index (χ2v) is 7.63. The van der Waals surface area contributed by atoms with Gasteiger partial charge in [-0.25, -0.2) is 4.68 Å². The van der Waals surface area contributed by atoms with Crippen LogP contribution >= 0.6 is 23.4 Å². The SMILES string of the molecule is CC(Sc1nnnn1C1CC1)C(=O)Nc1cccc(Cl)c1N(C)C. The van der Waals surface area contributed by atoms with E-state index in [1.165, 1.54) is 11.8 Å². The van der Waals surface area contributed by atoms with Gasteiger partial charge in [0.1, 0.15) is 0 Å². The molecule has 1 saturated carbocycles. The van der Waals surface area contributed by atoms with Crippen LogP contribution in [0.25, 0.3) is 0 Å². The molecule has 2 aromatic rings. The Morgan fingerprint density at radius 1 is 1.46 bits per heavy atom. The zero-order valence-electron chi connectivity index (χ0n) is 13.7. The van der Waals surface area contributed by atoms with Crippen molar-refractivity contribution in [3.05, 3.63) is 23.2 Å². The first kappa shape index (κ1) is 17.0. The van der Waals surface area contributed by atoms with Gasteiger partial charge in [-0.2, -0.15) is 0 Å². The molecule has 0 saturated heterocycles. The number of para-hydroxylation sites is 1. The Balaban J connectivity index is 1.70. The molecule has 1 amide bonds. The number of amides is 1. The first-order valence-corrected chi connectivity index (χ1v) is 8.94. The number of tetrazole rings is 1. The van der Waals surface area contributed by atoms with Gasteiger partial charge >= 0.3 is 0 Å². The van der Waals surface area contributed by atoms with Crippen LogP contribution in [0, 0.1) is 0 Å². The second-order valence-electron chi connectivity index (χ2n) is 5.92. The van der Waals surface area contributed by atoms with Crippen LogP contribution in [0.1, 0.15) is 25.8 Å². The second kappa shape index (κ2) is 6.98. The minimum absolute atomic E-state index is 0.115. The molecule has 1 aromatic carbocycles. The van der Waals surface area contributed by atoms with Crippen molar-refractivity contribution in [3.63, 3.8) is 0 Å². The molecule has 0 aliphatic heterocycles. The number of rotatable bonds is 6. The van der Waals surface area contributed by atoms with Crippen LogP contribution in [0.2, 0.25) is 5.02 Å². The number of aromatic nitrogens is 4. The third kappa shape index (κ3) is 3.64. The number of benzene rings is 1. The van der Waals surface area contributed by atoms with Gasteiger partial charge in [-0.05, 0) is 42.3 Å². The fraction of sp³-hybridized carbons (Fsp3) is 0.467. The molecule has 1 N–H and O–H groups in total. The summed E-state index contributed by atoms with van der Waals surface area (Å²) in [6, 6.07) is 5.83. The quantitative estimate of drug-likeness (QED) is 0.792. The van der Waals surface area contributed by atoms with E-state index >= 15 is 0 Å². The zero-order valence-corrected chi connectivity index (χ0v) is 15.3. The molecule has 0 spiro atoms. The van der Waals surface area contributed by atoms with Gasteiger partial charge in [-0.3, -0.25) is 4.79 Å². The molecule has 3 rings (SSSR count). The monoisotopic (exact) mass is 366 g/mol. The number of carbonyl (C=O) groups is 1. The fourth-order valence-corrected chi connectivity index (χ4v) is 3.53. The van der Waals surface area contributed by atoms with E-state index in [-0.39, 0.29) is 11.2 Å². The number of halogens is 1. The average molecular weight is 367 g/mol. The lowest BCUT2D eigenvalue weighted by atomic mass is 10.2.